The molecule has 124 valence electrons. The van der Waals surface area contributed by atoms with Gasteiger partial charge in [-0.15, -0.1) is 0 Å². The van der Waals surface area contributed by atoms with E-state index in [4.69, 9.17) is 0 Å². The molecular formula is C20H32O2. The van der Waals surface area contributed by atoms with Crippen molar-refractivity contribution >= 4 is 0 Å². The van der Waals surface area contributed by atoms with Gasteiger partial charge < -0.3 is 10.2 Å². The third-order valence-corrected chi connectivity index (χ3v) is 5.54. The van der Waals surface area contributed by atoms with Gasteiger partial charge in [0.2, 0.25) is 0 Å². The lowest BCUT2D eigenvalue weighted by Crippen LogP contribution is -2.40. The third kappa shape index (κ3) is 3.72. The summed E-state index contributed by atoms with van der Waals surface area (Å²) in [6.45, 7) is 12.3. The third-order valence-electron chi connectivity index (χ3n) is 5.54. The molecule has 0 bridgehead atoms. The fourth-order valence-corrected chi connectivity index (χ4v) is 4.17. The van der Waals surface area contributed by atoms with E-state index in [1.54, 1.807) is 0 Å². The summed E-state index contributed by atoms with van der Waals surface area (Å²) in [6.07, 6.45) is 9.72. The van der Waals surface area contributed by atoms with Crippen molar-refractivity contribution in [2.24, 2.45) is 11.3 Å². The summed E-state index contributed by atoms with van der Waals surface area (Å²) in [5.74, 6) is 0.0294. The maximum atomic E-state index is 10.9. The lowest BCUT2D eigenvalue weighted by atomic mass is 9.67. The molecular weight excluding hydrogens is 272 g/mol. The molecule has 0 fully saturated rings. The second-order valence-corrected chi connectivity index (χ2v) is 8.16. The number of fused-ring (bicyclic) bond motifs is 1. The van der Waals surface area contributed by atoms with Gasteiger partial charge in [0.1, 0.15) is 0 Å². The monoisotopic (exact) mass is 304 g/mol. The van der Waals surface area contributed by atoms with E-state index >= 15 is 0 Å². The number of aliphatic hydroxyl groups excluding tert-OH is 1. The molecule has 0 aromatic carbocycles. The Hall–Kier alpha value is -0.860. The second kappa shape index (κ2) is 6.33. The summed E-state index contributed by atoms with van der Waals surface area (Å²) in [6, 6.07) is 0. The molecule has 0 amide bonds. The van der Waals surface area contributed by atoms with Crippen molar-refractivity contribution in [2.45, 2.75) is 77.9 Å². The van der Waals surface area contributed by atoms with Crippen LogP contribution in [0.3, 0.4) is 0 Å². The number of allylic oxidation sites excluding steroid dienone is 3. The molecule has 0 unspecified atom stereocenters. The molecule has 0 aliphatic heterocycles. The predicted molar refractivity (Wildman–Crippen MR) is 92.6 cm³/mol. The predicted octanol–water partition coefficient (Wildman–Crippen LogP) is 4.54. The first-order valence-electron chi connectivity index (χ1n) is 8.57. The fourth-order valence-electron chi connectivity index (χ4n) is 4.17. The van der Waals surface area contributed by atoms with E-state index < -0.39 is 11.7 Å². The fraction of sp³-hybridized carbons (Fsp3) is 0.700. The zero-order valence-electron chi connectivity index (χ0n) is 14.7. The van der Waals surface area contributed by atoms with Crippen molar-refractivity contribution in [3.05, 3.63) is 35.5 Å². The molecule has 2 aliphatic rings. The van der Waals surface area contributed by atoms with Crippen LogP contribution in [0.2, 0.25) is 0 Å². The maximum absolute atomic E-state index is 10.9. The van der Waals surface area contributed by atoms with Gasteiger partial charge in [0.05, 0.1) is 11.7 Å². The SMILES string of the molecule is C=C1CC/C=C(\C)C[C@@H](O)[C@@H]2C(C(C)(C)O)=CC[C@@]2(C)CC1. The Morgan fingerprint density at radius 1 is 1.27 bits per heavy atom. The molecule has 22 heavy (non-hydrogen) atoms. The minimum Gasteiger partial charge on any atom is -0.392 e. The Kier molecular flexibility index (Phi) is 5.03. The Balaban J connectivity index is 2.35. The van der Waals surface area contributed by atoms with Crippen molar-refractivity contribution < 1.29 is 10.2 Å². The van der Waals surface area contributed by atoms with Crippen LogP contribution in [0.25, 0.3) is 0 Å². The highest BCUT2D eigenvalue weighted by molar-refractivity contribution is 5.29. The van der Waals surface area contributed by atoms with Crippen molar-refractivity contribution in [2.75, 3.05) is 0 Å². The minimum atomic E-state index is -0.863. The zero-order valence-corrected chi connectivity index (χ0v) is 14.7. The Morgan fingerprint density at radius 3 is 2.59 bits per heavy atom. The van der Waals surface area contributed by atoms with Crippen LogP contribution >= 0.6 is 0 Å². The molecule has 0 saturated carbocycles. The second-order valence-electron chi connectivity index (χ2n) is 8.16. The summed E-state index contributed by atoms with van der Waals surface area (Å²) in [7, 11) is 0. The summed E-state index contributed by atoms with van der Waals surface area (Å²) in [5, 5.41) is 21.5. The molecule has 0 aromatic rings. The summed E-state index contributed by atoms with van der Waals surface area (Å²) < 4.78 is 0. The highest BCUT2D eigenvalue weighted by Crippen LogP contribution is 2.52. The molecule has 2 heteroatoms. The van der Waals surface area contributed by atoms with Crippen molar-refractivity contribution in [3.8, 4) is 0 Å². The first-order valence-corrected chi connectivity index (χ1v) is 8.57. The van der Waals surface area contributed by atoms with Crippen LogP contribution in [0.5, 0.6) is 0 Å². The summed E-state index contributed by atoms with van der Waals surface area (Å²) >= 11 is 0. The van der Waals surface area contributed by atoms with Crippen LogP contribution in [0, 0.1) is 11.3 Å². The highest BCUT2D eigenvalue weighted by atomic mass is 16.3. The van der Waals surface area contributed by atoms with E-state index in [0.717, 1.165) is 37.7 Å². The maximum Gasteiger partial charge on any atom is 0.0804 e. The lowest BCUT2D eigenvalue weighted by molar-refractivity contribution is 0.0223. The van der Waals surface area contributed by atoms with Crippen LogP contribution in [-0.4, -0.2) is 21.9 Å². The molecule has 2 aliphatic carbocycles. The number of hydrogen-bond acceptors (Lipinski definition) is 2. The largest absolute Gasteiger partial charge is 0.392 e. The van der Waals surface area contributed by atoms with Gasteiger partial charge in [-0.05, 0) is 70.3 Å². The molecule has 0 aromatic heterocycles. The molecule has 0 radical (unpaired) electrons. The van der Waals surface area contributed by atoms with Crippen LogP contribution in [0.4, 0.5) is 0 Å². The molecule has 3 atom stereocenters. The number of hydrogen-bond donors (Lipinski definition) is 2. The van der Waals surface area contributed by atoms with E-state index in [9.17, 15) is 10.2 Å². The zero-order chi connectivity index (χ0) is 16.5. The van der Waals surface area contributed by atoms with Gasteiger partial charge in [0.15, 0.2) is 0 Å². The average molecular weight is 304 g/mol. The molecule has 2 rings (SSSR count). The topological polar surface area (TPSA) is 40.5 Å². The first kappa shape index (κ1) is 17.5. The Bertz CT molecular complexity index is 492. The van der Waals surface area contributed by atoms with E-state index in [0.29, 0.717) is 6.42 Å². The van der Waals surface area contributed by atoms with Crippen LogP contribution < -0.4 is 0 Å². The Morgan fingerprint density at radius 2 is 1.95 bits per heavy atom. The number of aliphatic hydroxyl groups is 2. The highest BCUT2D eigenvalue weighted by Gasteiger charge is 2.47. The normalized spacial score (nSPS) is 36.9. The van der Waals surface area contributed by atoms with Gasteiger partial charge in [0, 0.05) is 5.92 Å². The van der Waals surface area contributed by atoms with Crippen LogP contribution in [0.15, 0.2) is 35.5 Å². The quantitative estimate of drug-likeness (QED) is 0.698. The van der Waals surface area contributed by atoms with E-state index in [-0.39, 0.29) is 11.3 Å². The van der Waals surface area contributed by atoms with E-state index in [1.807, 2.05) is 13.8 Å². The molecule has 0 spiro atoms. The van der Waals surface area contributed by atoms with Crippen LogP contribution in [-0.2, 0) is 0 Å². The minimum absolute atomic E-state index is 0.0162. The molecule has 0 heterocycles. The van der Waals surface area contributed by atoms with Gasteiger partial charge in [-0.2, -0.15) is 0 Å². The number of rotatable bonds is 1. The molecule has 0 saturated heterocycles. The standard InChI is InChI=1S/C20H32O2/c1-14-7-6-8-15(2)13-17(21)18-16(19(3,4)22)10-12-20(18,5)11-9-14/h8,10,17-18,21-22H,1,6-7,9,11-13H2,2-5H3/b15-8+/t17-,18+,20-/m1/s1. The van der Waals surface area contributed by atoms with Gasteiger partial charge in [0.25, 0.3) is 0 Å². The average Bonchev–Trinajstić information content (AvgIpc) is 2.73. The van der Waals surface area contributed by atoms with Crippen molar-refractivity contribution in [1.82, 2.24) is 0 Å². The van der Waals surface area contributed by atoms with Crippen LogP contribution in [0.1, 0.15) is 66.2 Å². The van der Waals surface area contributed by atoms with Gasteiger partial charge in [-0.1, -0.05) is 36.8 Å². The lowest BCUT2D eigenvalue weighted by Gasteiger charge is -2.40. The first-order chi connectivity index (χ1) is 10.1. The Labute approximate surface area is 135 Å². The molecule has 2 N–H and O–H groups in total. The summed E-state index contributed by atoms with van der Waals surface area (Å²) in [4.78, 5) is 0. The van der Waals surface area contributed by atoms with E-state index in [1.165, 1.54) is 11.1 Å². The van der Waals surface area contributed by atoms with Gasteiger partial charge in [-0.25, -0.2) is 0 Å². The smallest absolute Gasteiger partial charge is 0.0804 e. The summed E-state index contributed by atoms with van der Waals surface area (Å²) in [5.41, 5.74) is 2.71. The van der Waals surface area contributed by atoms with Crippen molar-refractivity contribution in [1.29, 1.82) is 0 Å². The van der Waals surface area contributed by atoms with Gasteiger partial charge in [-0.3, -0.25) is 0 Å². The van der Waals surface area contributed by atoms with Crippen molar-refractivity contribution in [3.63, 3.8) is 0 Å². The van der Waals surface area contributed by atoms with Gasteiger partial charge >= 0.3 is 0 Å². The van der Waals surface area contributed by atoms with E-state index in [2.05, 4.69) is 32.6 Å². The molecule has 2 nitrogen and oxygen atoms in total.